The second-order valence-corrected chi connectivity index (χ2v) is 9.13. The van der Waals surface area contributed by atoms with Gasteiger partial charge in [0.15, 0.2) is 11.5 Å². The molecular formula is C29H28ClN3O5. The second-order valence-electron chi connectivity index (χ2n) is 8.75. The lowest BCUT2D eigenvalue weighted by Gasteiger charge is -2.18. The van der Waals surface area contributed by atoms with Crippen LogP contribution in [0.2, 0.25) is 0 Å². The van der Waals surface area contributed by atoms with Gasteiger partial charge >= 0.3 is 0 Å². The number of hydrogen-bond donors (Lipinski definition) is 2. The molecule has 8 nitrogen and oxygen atoms in total. The second kappa shape index (κ2) is 11.4. The van der Waals surface area contributed by atoms with E-state index >= 15 is 0 Å². The van der Waals surface area contributed by atoms with E-state index in [9.17, 15) is 14.4 Å². The number of imide groups is 1. The fraction of sp³-hybridized carbons (Fsp3) is 0.207. The zero-order valence-corrected chi connectivity index (χ0v) is 22.3. The number of aryl methyl sites for hydroxylation is 1. The highest BCUT2D eigenvalue weighted by Crippen LogP contribution is 2.33. The van der Waals surface area contributed by atoms with E-state index in [2.05, 4.69) is 10.6 Å². The molecule has 0 aromatic heterocycles. The first-order valence-corrected chi connectivity index (χ1v) is 12.3. The van der Waals surface area contributed by atoms with E-state index in [-0.39, 0.29) is 16.6 Å². The first kappa shape index (κ1) is 26.8. The average Bonchev–Trinajstić information content (AvgIpc) is 3.13. The summed E-state index contributed by atoms with van der Waals surface area (Å²) in [6, 6.07) is 17.6. The molecule has 38 heavy (non-hydrogen) atoms. The molecule has 0 radical (unpaired) electrons. The van der Waals surface area contributed by atoms with Gasteiger partial charge in [0.2, 0.25) is 0 Å². The van der Waals surface area contributed by atoms with Crippen LogP contribution in [0.5, 0.6) is 11.5 Å². The molecule has 196 valence electrons. The number of carbonyl (C=O) groups excluding carboxylic acids is 3. The van der Waals surface area contributed by atoms with E-state index in [4.69, 9.17) is 21.1 Å². The Balaban J connectivity index is 1.43. The lowest BCUT2D eigenvalue weighted by Crippen LogP contribution is -2.33. The number of methoxy groups -OCH3 is 2. The maximum Gasteiger partial charge on any atom is 0.283 e. The van der Waals surface area contributed by atoms with E-state index in [0.29, 0.717) is 41.4 Å². The van der Waals surface area contributed by atoms with Gasteiger partial charge in [0, 0.05) is 17.8 Å². The van der Waals surface area contributed by atoms with Gasteiger partial charge in [0.1, 0.15) is 10.7 Å². The zero-order chi connectivity index (χ0) is 27.4. The van der Waals surface area contributed by atoms with Crippen molar-refractivity contribution in [3.05, 3.63) is 93.6 Å². The van der Waals surface area contributed by atoms with E-state index in [1.54, 1.807) is 50.6 Å². The van der Waals surface area contributed by atoms with Crippen molar-refractivity contribution in [1.82, 2.24) is 5.32 Å². The van der Waals surface area contributed by atoms with Crippen molar-refractivity contribution in [3.8, 4) is 11.5 Å². The molecule has 0 saturated carbocycles. The molecule has 0 unspecified atom stereocenters. The Kier molecular flexibility index (Phi) is 8.02. The molecule has 0 spiro atoms. The number of nitrogens with one attached hydrogen (secondary N) is 2. The summed E-state index contributed by atoms with van der Waals surface area (Å²) in [6.07, 6.45) is 0.595. The topological polar surface area (TPSA) is 97.0 Å². The predicted molar refractivity (Wildman–Crippen MR) is 147 cm³/mol. The normalized spacial score (nSPS) is 13.1. The predicted octanol–water partition coefficient (Wildman–Crippen LogP) is 4.73. The molecule has 2 N–H and O–H groups in total. The third-order valence-electron chi connectivity index (χ3n) is 6.39. The summed E-state index contributed by atoms with van der Waals surface area (Å²) in [6.45, 7) is 4.15. The van der Waals surface area contributed by atoms with Crippen molar-refractivity contribution >= 4 is 40.7 Å². The molecular weight excluding hydrogens is 506 g/mol. The van der Waals surface area contributed by atoms with Crippen LogP contribution in [0.25, 0.3) is 0 Å². The Morgan fingerprint density at radius 3 is 2.39 bits per heavy atom. The van der Waals surface area contributed by atoms with Gasteiger partial charge in [-0.05, 0) is 73.4 Å². The first-order valence-electron chi connectivity index (χ1n) is 12.0. The van der Waals surface area contributed by atoms with Crippen LogP contribution >= 0.6 is 11.6 Å². The molecule has 3 amide bonds. The summed E-state index contributed by atoms with van der Waals surface area (Å²) in [4.78, 5) is 39.9. The van der Waals surface area contributed by atoms with Crippen LogP contribution in [0, 0.1) is 13.8 Å². The fourth-order valence-corrected chi connectivity index (χ4v) is 4.36. The number of benzene rings is 3. The molecule has 9 heteroatoms. The third-order valence-corrected chi connectivity index (χ3v) is 6.74. The van der Waals surface area contributed by atoms with Crippen LogP contribution in [-0.4, -0.2) is 38.5 Å². The fourth-order valence-electron chi connectivity index (χ4n) is 4.15. The van der Waals surface area contributed by atoms with E-state index in [1.807, 2.05) is 38.1 Å². The molecule has 1 heterocycles. The average molecular weight is 534 g/mol. The third kappa shape index (κ3) is 5.35. The highest BCUT2D eigenvalue weighted by molar-refractivity contribution is 6.53. The molecule has 0 bridgehead atoms. The molecule has 0 saturated heterocycles. The van der Waals surface area contributed by atoms with Crippen LogP contribution < -0.4 is 25.0 Å². The highest BCUT2D eigenvalue weighted by Gasteiger charge is 2.39. The van der Waals surface area contributed by atoms with Crippen molar-refractivity contribution in [2.75, 3.05) is 31.0 Å². The minimum absolute atomic E-state index is 0.0383. The number of amides is 3. The van der Waals surface area contributed by atoms with Gasteiger partial charge in [-0.2, -0.15) is 0 Å². The van der Waals surface area contributed by atoms with Gasteiger partial charge < -0.3 is 20.1 Å². The van der Waals surface area contributed by atoms with E-state index in [0.717, 1.165) is 21.6 Å². The molecule has 1 aliphatic heterocycles. The van der Waals surface area contributed by atoms with Crippen LogP contribution in [0.4, 0.5) is 11.4 Å². The van der Waals surface area contributed by atoms with Gasteiger partial charge in [0.05, 0.1) is 19.9 Å². The molecule has 1 aliphatic rings. The number of halogens is 1. The SMILES string of the molecule is COc1ccc(CCNC(=O)c2cccc(NC3=C(Cl)C(=O)N(c4cccc(C)c4C)C3=O)c2)cc1OC. The number of hydrogen-bond acceptors (Lipinski definition) is 6. The van der Waals surface area contributed by atoms with Crippen molar-refractivity contribution in [2.24, 2.45) is 0 Å². The molecule has 0 atom stereocenters. The van der Waals surface area contributed by atoms with Crippen LogP contribution in [0.1, 0.15) is 27.0 Å². The highest BCUT2D eigenvalue weighted by atomic mass is 35.5. The Morgan fingerprint density at radius 2 is 1.66 bits per heavy atom. The lowest BCUT2D eigenvalue weighted by atomic mass is 10.1. The number of carbonyl (C=O) groups is 3. The van der Waals surface area contributed by atoms with Crippen molar-refractivity contribution in [3.63, 3.8) is 0 Å². The first-order chi connectivity index (χ1) is 18.2. The molecule has 0 aliphatic carbocycles. The number of anilines is 2. The standard InChI is InChI=1S/C29H28ClN3O5/c1-17-7-5-10-22(18(17)2)33-28(35)25(30)26(29(33)36)32-21-9-6-8-20(16-21)27(34)31-14-13-19-11-12-23(37-3)24(15-19)38-4/h5-12,15-16,32H,13-14H2,1-4H3,(H,31,34). The maximum atomic E-state index is 13.2. The van der Waals surface area contributed by atoms with Crippen LogP contribution in [0.3, 0.4) is 0 Å². The summed E-state index contributed by atoms with van der Waals surface area (Å²) < 4.78 is 10.6. The number of nitrogens with zero attached hydrogens (tertiary/aromatic N) is 1. The summed E-state index contributed by atoms with van der Waals surface area (Å²) >= 11 is 6.29. The minimum Gasteiger partial charge on any atom is -0.493 e. The molecule has 3 aromatic carbocycles. The van der Waals surface area contributed by atoms with Gasteiger partial charge in [-0.15, -0.1) is 0 Å². The van der Waals surface area contributed by atoms with E-state index < -0.39 is 11.8 Å². The molecule has 4 rings (SSSR count). The number of ether oxygens (including phenoxy) is 2. The van der Waals surface area contributed by atoms with Crippen LogP contribution in [0.15, 0.2) is 71.4 Å². The maximum absolute atomic E-state index is 13.2. The number of rotatable bonds is 9. The van der Waals surface area contributed by atoms with Gasteiger partial charge in [-0.25, -0.2) is 4.90 Å². The van der Waals surface area contributed by atoms with E-state index in [1.165, 1.54) is 0 Å². The summed E-state index contributed by atoms with van der Waals surface area (Å²) in [5, 5.41) is 5.62. The largest absolute Gasteiger partial charge is 0.493 e. The van der Waals surface area contributed by atoms with Crippen molar-refractivity contribution in [1.29, 1.82) is 0 Å². The lowest BCUT2D eigenvalue weighted by molar-refractivity contribution is -0.120. The summed E-state index contributed by atoms with van der Waals surface area (Å²) in [7, 11) is 3.15. The van der Waals surface area contributed by atoms with Gasteiger partial charge in [0.25, 0.3) is 17.7 Å². The monoisotopic (exact) mass is 533 g/mol. The van der Waals surface area contributed by atoms with Gasteiger partial charge in [-0.1, -0.05) is 35.9 Å². The quantitative estimate of drug-likeness (QED) is 0.386. The van der Waals surface area contributed by atoms with Crippen molar-refractivity contribution < 1.29 is 23.9 Å². The Bertz CT molecular complexity index is 1450. The Hall–Kier alpha value is -4.30. The summed E-state index contributed by atoms with van der Waals surface area (Å²) in [5.74, 6) is -0.172. The van der Waals surface area contributed by atoms with Crippen molar-refractivity contribution in [2.45, 2.75) is 20.3 Å². The molecule has 0 fully saturated rings. The smallest absolute Gasteiger partial charge is 0.283 e. The Labute approximate surface area is 226 Å². The summed E-state index contributed by atoms with van der Waals surface area (Å²) in [5.41, 5.74) is 4.04. The molecule has 3 aromatic rings. The van der Waals surface area contributed by atoms with Crippen LogP contribution in [-0.2, 0) is 16.0 Å². The Morgan fingerprint density at radius 1 is 0.921 bits per heavy atom. The minimum atomic E-state index is -0.600. The van der Waals surface area contributed by atoms with Gasteiger partial charge in [-0.3, -0.25) is 14.4 Å². The zero-order valence-electron chi connectivity index (χ0n) is 21.6.